The van der Waals surface area contributed by atoms with Crippen molar-refractivity contribution in [3.8, 4) is 17.2 Å². The Hall–Kier alpha value is -5.00. The van der Waals surface area contributed by atoms with Crippen LogP contribution in [0.15, 0.2) is 119 Å². The van der Waals surface area contributed by atoms with E-state index in [1.165, 1.54) is 12.1 Å². The molecule has 6 rings (SSSR count). The highest BCUT2D eigenvalue weighted by molar-refractivity contribution is 9.10. The van der Waals surface area contributed by atoms with Gasteiger partial charge in [0.1, 0.15) is 11.9 Å². The zero-order chi connectivity index (χ0) is 34.0. The molecule has 0 fully saturated rings. The Labute approximate surface area is 288 Å². The van der Waals surface area contributed by atoms with Gasteiger partial charge in [-0.15, -0.1) is 0 Å². The molecule has 0 radical (unpaired) electrons. The average Bonchev–Trinajstić information content (AvgIpc) is 3.10. The number of hydrogen-bond acceptors (Lipinski definition) is 7. The smallest absolute Gasteiger partial charge is 0.262 e. The highest BCUT2D eigenvalue weighted by Crippen LogP contribution is 2.47. The third-order valence-corrected chi connectivity index (χ3v) is 10.3. The summed E-state index contributed by atoms with van der Waals surface area (Å²) in [7, 11) is 0.616. The van der Waals surface area contributed by atoms with E-state index in [9.17, 15) is 13.2 Å². The van der Waals surface area contributed by atoms with Crippen molar-refractivity contribution in [1.29, 1.82) is 0 Å². The lowest BCUT2D eigenvalue weighted by molar-refractivity contribution is 0.0967. The Morgan fingerprint density at radius 1 is 0.792 bits per heavy atom. The van der Waals surface area contributed by atoms with E-state index in [0.717, 1.165) is 16.7 Å². The average molecular weight is 729 g/mol. The Morgan fingerprint density at radius 3 is 2.10 bits per heavy atom. The van der Waals surface area contributed by atoms with E-state index >= 15 is 0 Å². The Bertz CT molecular complexity index is 2060. The molecule has 0 saturated carbocycles. The van der Waals surface area contributed by atoms with Crippen molar-refractivity contribution in [2.75, 3.05) is 35.9 Å². The quantitative estimate of drug-likeness (QED) is 0.156. The number of amides is 1. The van der Waals surface area contributed by atoms with Gasteiger partial charge in [0.2, 0.25) is 0 Å². The van der Waals surface area contributed by atoms with Crippen molar-refractivity contribution >= 4 is 48.9 Å². The van der Waals surface area contributed by atoms with E-state index in [1.54, 1.807) is 56.6 Å². The fourth-order valence-corrected chi connectivity index (χ4v) is 7.39. The lowest BCUT2D eigenvalue weighted by Gasteiger charge is -2.46. The molecular formula is C37H34BrN3O6S. The molecule has 0 bridgehead atoms. The molecule has 48 heavy (non-hydrogen) atoms. The summed E-state index contributed by atoms with van der Waals surface area (Å²) in [6.45, 7) is 2.39. The highest BCUT2D eigenvalue weighted by atomic mass is 79.9. The zero-order valence-electron chi connectivity index (χ0n) is 26.8. The number of carbonyl (C=O) groups is 1. The number of carbonyl (C=O) groups excluding carboxylic acids is 1. The second-order valence-corrected chi connectivity index (χ2v) is 13.8. The summed E-state index contributed by atoms with van der Waals surface area (Å²) >= 11 is 3.75. The van der Waals surface area contributed by atoms with Crippen LogP contribution in [0.1, 0.15) is 33.2 Å². The summed E-state index contributed by atoms with van der Waals surface area (Å²) < 4.78 is 47.1. The lowest BCUT2D eigenvalue weighted by Crippen LogP contribution is -2.49. The van der Waals surface area contributed by atoms with Gasteiger partial charge in [-0.1, -0.05) is 64.0 Å². The molecule has 5 aromatic carbocycles. The summed E-state index contributed by atoms with van der Waals surface area (Å²) in [6.07, 6.45) is -0.665. The van der Waals surface area contributed by atoms with Gasteiger partial charge in [0.05, 0.1) is 37.5 Å². The van der Waals surface area contributed by atoms with Crippen LogP contribution in [0.4, 0.5) is 17.1 Å². The van der Waals surface area contributed by atoms with Gasteiger partial charge in [-0.3, -0.25) is 14.4 Å². The molecule has 0 aliphatic carbocycles. The van der Waals surface area contributed by atoms with Crippen molar-refractivity contribution in [1.82, 2.24) is 0 Å². The topological polar surface area (TPSA) is 97.4 Å². The number of sulfonamides is 1. The molecule has 0 unspecified atom stereocenters. The van der Waals surface area contributed by atoms with E-state index in [0.29, 0.717) is 45.3 Å². The minimum absolute atomic E-state index is 0.0420. The van der Waals surface area contributed by atoms with Crippen LogP contribution in [0.2, 0.25) is 0 Å². The first kappa shape index (κ1) is 32.9. The minimum Gasteiger partial charge on any atom is -0.497 e. The van der Waals surface area contributed by atoms with E-state index in [4.69, 9.17) is 14.2 Å². The largest absolute Gasteiger partial charge is 0.497 e. The Morgan fingerprint density at radius 2 is 1.46 bits per heavy atom. The first-order valence-corrected chi connectivity index (χ1v) is 17.3. The second kappa shape index (κ2) is 13.6. The molecule has 1 atom stereocenters. The van der Waals surface area contributed by atoms with Crippen LogP contribution in [-0.2, 0) is 16.6 Å². The number of halogens is 1. The zero-order valence-corrected chi connectivity index (χ0v) is 29.2. The van der Waals surface area contributed by atoms with Gasteiger partial charge in [0.15, 0.2) is 11.5 Å². The molecule has 1 aliphatic heterocycles. The Kier molecular flexibility index (Phi) is 9.34. The molecule has 1 N–H and O–H groups in total. The standard InChI is InChI=1S/C37H34BrN3O6S/c1-24-10-14-27(15-11-24)41-36(30-21-34(46-3)35(47-4)22-32(30)38)40(23-25-8-6-5-7-9-25)33-19-18-29(20-31(33)37(41)42)48(43,44)39-26-12-16-28(45-2)17-13-26/h5-22,36,39H,23H2,1-4H3/t36-/m1/s1. The number of benzene rings is 5. The first-order chi connectivity index (χ1) is 23.1. The van der Waals surface area contributed by atoms with E-state index in [-0.39, 0.29) is 16.4 Å². The first-order valence-electron chi connectivity index (χ1n) is 15.1. The molecule has 0 aromatic heterocycles. The molecule has 1 amide bonds. The molecule has 0 saturated heterocycles. The van der Waals surface area contributed by atoms with Crippen LogP contribution < -0.4 is 28.7 Å². The number of aryl methyl sites for hydroxylation is 1. The molecule has 0 spiro atoms. The predicted molar refractivity (Wildman–Crippen MR) is 191 cm³/mol. The molecule has 1 aliphatic rings. The van der Waals surface area contributed by atoms with Crippen molar-refractivity contribution in [3.63, 3.8) is 0 Å². The number of nitrogens with one attached hydrogen (secondary N) is 1. The number of fused-ring (bicyclic) bond motifs is 1. The lowest BCUT2D eigenvalue weighted by atomic mass is 9.98. The van der Waals surface area contributed by atoms with Crippen LogP contribution in [0.25, 0.3) is 0 Å². The van der Waals surface area contributed by atoms with Gasteiger partial charge in [0.25, 0.3) is 15.9 Å². The van der Waals surface area contributed by atoms with Gasteiger partial charge in [0, 0.05) is 28.0 Å². The van der Waals surface area contributed by atoms with E-state index in [2.05, 4.69) is 25.6 Å². The third-order valence-electron chi connectivity index (χ3n) is 8.21. The van der Waals surface area contributed by atoms with E-state index < -0.39 is 16.2 Å². The maximum absolute atomic E-state index is 14.8. The number of rotatable bonds is 10. The fourth-order valence-electron chi connectivity index (χ4n) is 5.78. The normalized spacial score (nSPS) is 14.4. The number of anilines is 3. The van der Waals surface area contributed by atoms with Crippen LogP contribution >= 0.6 is 15.9 Å². The number of nitrogens with zero attached hydrogens (tertiary/aromatic N) is 2. The molecule has 11 heteroatoms. The van der Waals surface area contributed by atoms with Crippen LogP contribution in [0, 0.1) is 6.92 Å². The Balaban J connectivity index is 1.55. The number of ether oxygens (including phenoxy) is 3. The predicted octanol–water partition coefficient (Wildman–Crippen LogP) is 7.95. The van der Waals surface area contributed by atoms with Gasteiger partial charge in [-0.25, -0.2) is 8.42 Å². The molecule has 9 nitrogen and oxygen atoms in total. The van der Waals surface area contributed by atoms with Crippen molar-refractivity contribution in [2.24, 2.45) is 0 Å². The van der Waals surface area contributed by atoms with Gasteiger partial charge in [-0.2, -0.15) is 0 Å². The molecular weight excluding hydrogens is 694 g/mol. The monoisotopic (exact) mass is 727 g/mol. The summed E-state index contributed by atoms with van der Waals surface area (Å²) in [5.41, 5.74) is 4.63. The summed E-state index contributed by atoms with van der Waals surface area (Å²) in [5, 5.41) is 0. The van der Waals surface area contributed by atoms with Crippen LogP contribution in [0.3, 0.4) is 0 Å². The summed E-state index contributed by atoms with van der Waals surface area (Å²) in [6, 6.07) is 32.5. The van der Waals surface area contributed by atoms with Crippen LogP contribution in [-0.4, -0.2) is 35.7 Å². The summed E-state index contributed by atoms with van der Waals surface area (Å²) in [4.78, 5) is 18.5. The van der Waals surface area contributed by atoms with Crippen LogP contribution in [0.5, 0.6) is 17.2 Å². The summed E-state index contributed by atoms with van der Waals surface area (Å²) in [5.74, 6) is 1.28. The molecule has 246 valence electrons. The fraction of sp³-hybridized carbons (Fsp3) is 0.162. The molecule has 5 aromatic rings. The van der Waals surface area contributed by atoms with Gasteiger partial charge < -0.3 is 19.1 Å². The maximum atomic E-state index is 14.8. The van der Waals surface area contributed by atoms with Crippen molar-refractivity contribution < 1.29 is 27.4 Å². The third kappa shape index (κ3) is 6.43. The molecule has 1 heterocycles. The SMILES string of the molecule is COc1ccc(NS(=O)(=O)c2ccc3c(c2)C(=O)N(c2ccc(C)cc2)[C@H](c2cc(OC)c(OC)cc2Br)N3Cc2ccccc2)cc1. The van der Waals surface area contributed by atoms with Crippen molar-refractivity contribution in [3.05, 3.63) is 136 Å². The van der Waals surface area contributed by atoms with Crippen molar-refractivity contribution in [2.45, 2.75) is 24.5 Å². The maximum Gasteiger partial charge on any atom is 0.262 e. The minimum atomic E-state index is -4.06. The highest BCUT2D eigenvalue weighted by Gasteiger charge is 2.41. The van der Waals surface area contributed by atoms with Gasteiger partial charge in [-0.05, 0) is 79.2 Å². The van der Waals surface area contributed by atoms with Gasteiger partial charge >= 0.3 is 0 Å². The number of hydrogen-bond donors (Lipinski definition) is 1. The second-order valence-electron chi connectivity index (χ2n) is 11.2. The number of methoxy groups -OCH3 is 3. The van der Waals surface area contributed by atoms with E-state index in [1.807, 2.05) is 73.7 Å².